The Balaban J connectivity index is 2.26. The van der Waals surface area contributed by atoms with E-state index < -0.39 is 0 Å². The molecule has 0 aliphatic carbocycles. The Morgan fingerprint density at radius 2 is 2.06 bits per heavy atom. The van der Waals surface area contributed by atoms with E-state index in [9.17, 15) is 0 Å². The summed E-state index contributed by atoms with van der Waals surface area (Å²) in [5.74, 6) is 0.198. The van der Waals surface area contributed by atoms with Crippen molar-refractivity contribution in [1.82, 2.24) is 15.0 Å². The molecular formula is C9H6BrClN4S. The van der Waals surface area contributed by atoms with Gasteiger partial charge in [0, 0.05) is 10.7 Å². The standard InChI is InChI=1S/C9H6BrClN4S/c10-5-1-2-7(13-3-5)16-8-6(11)4-14-9(12)15-8/h1-4H,(H2,12,14,15). The summed E-state index contributed by atoms with van der Waals surface area (Å²) in [5.41, 5.74) is 5.48. The van der Waals surface area contributed by atoms with Gasteiger partial charge in [-0.1, -0.05) is 11.6 Å². The van der Waals surface area contributed by atoms with E-state index in [2.05, 4.69) is 30.9 Å². The third-order valence-electron chi connectivity index (χ3n) is 1.63. The van der Waals surface area contributed by atoms with Gasteiger partial charge in [0.1, 0.15) is 10.1 Å². The molecule has 0 fully saturated rings. The van der Waals surface area contributed by atoms with Crippen LogP contribution < -0.4 is 5.73 Å². The molecule has 0 unspecified atom stereocenters. The minimum atomic E-state index is 0.198. The number of aromatic nitrogens is 3. The van der Waals surface area contributed by atoms with Crippen LogP contribution in [0.15, 0.2) is 39.1 Å². The van der Waals surface area contributed by atoms with Gasteiger partial charge in [0.25, 0.3) is 0 Å². The lowest BCUT2D eigenvalue weighted by molar-refractivity contribution is 1.05. The molecule has 2 rings (SSSR count). The maximum Gasteiger partial charge on any atom is 0.221 e. The Morgan fingerprint density at radius 1 is 1.25 bits per heavy atom. The van der Waals surface area contributed by atoms with Crippen molar-refractivity contribution in [2.24, 2.45) is 0 Å². The molecule has 4 nitrogen and oxygen atoms in total. The van der Waals surface area contributed by atoms with E-state index in [0.717, 1.165) is 9.50 Å². The van der Waals surface area contributed by atoms with Crippen molar-refractivity contribution in [3.63, 3.8) is 0 Å². The van der Waals surface area contributed by atoms with Crippen LogP contribution in [0.1, 0.15) is 0 Å². The van der Waals surface area contributed by atoms with Crippen molar-refractivity contribution in [2.75, 3.05) is 5.73 Å². The molecule has 2 heterocycles. The summed E-state index contributed by atoms with van der Waals surface area (Å²) >= 11 is 10.6. The molecule has 0 aromatic carbocycles. The van der Waals surface area contributed by atoms with E-state index in [1.807, 2.05) is 12.1 Å². The van der Waals surface area contributed by atoms with Crippen LogP contribution in [0, 0.1) is 0 Å². The molecule has 0 aliphatic heterocycles. The van der Waals surface area contributed by atoms with Gasteiger partial charge in [-0.25, -0.2) is 15.0 Å². The highest BCUT2D eigenvalue weighted by Gasteiger charge is 2.06. The van der Waals surface area contributed by atoms with Crippen LogP contribution in [-0.4, -0.2) is 15.0 Å². The number of hydrogen-bond acceptors (Lipinski definition) is 5. The van der Waals surface area contributed by atoms with Gasteiger partial charge in [0.15, 0.2) is 0 Å². The Hall–Kier alpha value is -0.850. The molecule has 0 bridgehead atoms. The predicted octanol–water partition coefficient (Wildman–Crippen LogP) is 3.02. The Bertz CT molecular complexity index is 505. The monoisotopic (exact) mass is 316 g/mol. The van der Waals surface area contributed by atoms with Crippen molar-refractivity contribution >= 4 is 45.2 Å². The third kappa shape index (κ3) is 2.84. The van der Waals surface area contributed by atoms with Gasteiger partial charge in [0.05, 0.1) is 11.2 Å². The van der Waals surface area contributed by atoms with E-state index in [1.165, 1.54) is 18.0 Å². The van der Waals surface area contributed by atoms with Crippen LogP contribution in [-0.2, 0) is 0 Å². The van der Waals surface area contributed by atoms with Crippen molar-refractivity contribution < 1.29 is 0 Å². The minimum absolute atomic E-state index is 0.198. The summed E-state index contributed by atoms with van der Waals surface area (Å²) in [6.45, 7) is 0. The molecule has 2 aromatic rings. The number of nitrogens with zero attached hydrogens (tertiary/aromatic N) is 3. The van der Waals surface area contributed by atoms with Gasteiger partial charge >= 0.3 is 0 Å². The normalized spacial score (nSPS) is 10.4. The van der Waals surface area contributed by atoms with Crippen molar-refractivity contribution in [2.45, 2.75) is 10.1 Å². The second-order valence-electron chi connectivity index (χ2n) is 2.80. The zero-order valence-corrected chi connectivity index (χ0v) is 11.1. The molecule has 2 N–H and O–H groups in total. The quantitative estimate of drug-likeness (QED) is 0.863. The van der Waals surface area contributed by atoms with Gasteiger partial charge in [-0.15, -0.1) is 0 Å². The molecule has 0 saturated carbocycles. The third-order valence-corrected chi connectivity index (χ3v) is 3.44. The van der Waals surface area contributed by atoms with Gasteiger partial charge in [-0.3, -0.25) is 0 Å². The number of nitrogen functional groups attached to an aromatic ring is 1. The summed E-state index contributed by atoms with van der Waals surface area (Å²) in [6, 6.07) is 3.76. The molecule has 0 atom stereocenters. The molecule has 16 heavy (non-hydrogen) atoms. The first-order valence-electron chi connectivity index (χ1n) is 4.22. The summed E-state index contributed by atoms with van der Waals surface area (Å²) < 4.78 is 0.921. The Labute approximate surface area is 110 Å². The van der Waals surface area contributed by atoms with Gasteiger partial charge < -0.3 is 5.73 Å². The van der Waals surface area contributed by atoms with Gasteiger partial charge in [-0.2, -0.15) is 0 Å². The highest BCUT2D eigenvalue weighted by atomic mass is 79.9. The Kier molecular flexibility index (Phi) is 3.63. The lowest BCUT2D eigenvalue weighted by Crippen LogP contribution is -1.95. The van der Waals surface area contributed by atoms with E-state index in [4.69, 9.17) is 17.3 Å². The number of halogens is 2. The average Bonchev–Trinajstić information content (AvgIpc) is 2.27. The fraction of sp³-hybridized carbons (Fsp3) is 0. The van der Waals surface area contributed by atoms with E-state index in [1.54, 1.807) is 6.20 Å². The maximum absolute atomic E-state index is 5.94. The van der Waals surface area contributed by atoms with Crippen molar-refractivity contribution in [1.29, 1.82) is 0 Å². The number of rotatable bonds is 2. The van der Waals surface area contributed by atoms with Gasteiger partial charge in [0.2, 0.25) is 5.95 Å². The first kappa shape index (κ1) is 11.6. The zero-order chi connectivity index (χ0) is 11.5. The molecule has 0 radical (unpaired) electrons. The van der Waals surface area contributed by atoms with E-state index in [-0.39, 0.29) is 5.95 Å². The molecule has 0 aliphatic rings. The Morgan fingerprint density at radius 3 is 2.75 bits per heavy atom. The fourth-order valence-electron chi connectivity index (χ4n) is 0.958. The number of hydrogen-bond donors (Lipinski definition) is 1. The second-order valence-corrected chi connectivity index (χ2v) is 5.13. The zero-order valence-electron chi connectivity index (χ0n) is 7.89. The van der Waals surface area contributed by atoms with Crippen LogP contribution >= 0.6 is 39.3 Å². The second kappa shape index (κ2) is 4.99. The molecule has 0 amide bonds. The molecule has 0 spiro atoms. The maximum atomic E-state index is 5.94. The van der Waals surface area contributed by atoms with Crippen LogP contribution in [0.3, 0.4) is 0 Å². The topological polar surface area (TPSA) is 64.7 Å². The average molecular weight is 318 g/mol. The number of anilines is 1. The summed E-state index contributed by atoms with van der Waals surface area (Å²) in [7, 11) is 0. The first-order chi connectivity index (χ1) is 7.65. The highest BCUT2D eigenvalue weighted by molar-refractivity contribution is 9.10. The molecule has 0 saturated heterocycles. The largest absolute Gasteiger partial charge is 0.368 e. The molecular weight excluding hydrogens is 312 g/mol. The summed E-state index contributed by atoms with van der Waals surface area (Å²) in [4.78, 5) is 12.0. The van der Waals surface area contributed by atoms with Crippen LogP contribution in [0.4, 0.5) is 5.95 Å². The minimum Gasteiger partial charge on any atom is -0.368 e. The summed E-state index contributed by atoms with van der Waals surface area (Å²) in [6.07, 6.45) is 3.19. The van der Waals surface area contributed by atoms with Crippen LogP contribution in [0.25, 0.3) is 0 Å². The van der Waals surface area contributed by atoms with E-state index >= 15 is 0 Å². The predicted molar refractivity (Wildman–Crippen MR) is 67.5 cm³/mol. The smallest absolute Gasteiger partial charge is 0.221 e. The van der Waals surface area contributed by atoms with Crippen molar-refractivity contribution in [3.05, 3.63) is 34.0 Å². The lowest BCUT2D eigenvalue weighted by atomic mass is 10.5. The SMILES string of the molecule is Nc1ncc(Cl)c(Sc2ccc(Br)cn2)n1. The van der Waals surface area contributed by atoms with Crippen molar-refractivity contribution in [3.8, 4) is 0 Å². The fourth-order valence-corrected chi connectivity index (χ4v) is 2.13. The highest BCUT2D eigenvalue weighted by Crippen LogP contribution is 2.30. The van der Waals surface area contributed by atoms with Gasteiger partial charge in [-0.05, 0) is 39.8 Å². The van der Waals surface area contributed by atoms with E-state index in [0.29, 0.717) is 10.0 Å². The number of pyridine rings is 1. The molecule has 2 aromatic heterocycles. The van der Waals surface area contributed by atoms with Crippen LogP contribution in [0.5, 0.6) is 0 Å². The summed E-state index contributed by atoms with van der Waals surface area (Å²) in [5, 5.41) is 1.86. The van der Waals surface area contributed by atoms with Crippen LogP contribution in [0.2, 0.25) is 5.02 Å². The molecule has 82 valence electrons. The lowest BCUT2D eigenvalue weighted by Gasteiger charge is -2.02. The first-order valence-corrected chi connectivity index (χ1v) is 6.21. The number of nitrogens with two attached hydrogens (primary N) is 1. The molecule has 7 heteroatoms.